The molecule has 2 aromatic rings. The monoisotopic (exact) mass is 298 g/mol. The van der Waals surface area contributed by atoms with Crippen LogP contribution in [0, 0.1) is 0 Å². The lowest BCUT2D eigenvalue weighted by atomic mass is 10.0. The second kappa shape index (κ2) is 6.07. The fourth-order valence-corrected chi connectivity index (χ4v) is 1.74. The maximum atomic E-state index is 12.4. The van der Waals surface area contributed by atoms with Crippen molar-refractivity contribution in [1.82, 2.24) is 10.1 Å². The van der Waals surface area contributed by atoms with Gasteiger partial charge in [0.15, 0.2) is 5.78 Å². The molecule has 0 unspecified atom stereocenters. The number of benzene rings is 1. The van der Waals surface area contributed by atoms with E-state index in [0.29, 0.717) is 17.5 Å². The Kier molecular flexibility index (Phi) is 4.40. The van der Waals surface area contributed by atoms with Crippen molar-refractivity contribution in [3.8, 4) is 11.4 Å². The zero-order valence-electron chi connectivity index (χ0n) is 11.3. The van der Waals surface area contributed by atoms with E-state index in [9.17, 15) is 18.0 Å². The molecule has 0 fully saturated rings. The van der Waals surface area contributed by atoms with Crippen molar-refractivity contribution in [3.05, 3.63) is 35.7 Å². The summed E-state index contributed by atoms with van der Waals surface area (Å²) in [6.45, 7) is 1.99. The minimum atomic E-state index is -4.67. The Morgan fingerprint density at radius 2 is 1.90 bits per heavy atom. The Balaban J connectivity index is 2.15. The van der Waals surface area contributed by atoms with Crippen molar-refractivity contribution >= 4 is 5.78 Å². The molecule has 0 aliphatic carbocycles. The lowest BCUT2D eigenvalue weighted by Crippen LogP contribution is -2.04. The molecule has 21 heavy (non-hydrogen) atoms. The highest BCUT2D eigenvalue weighted by atomic mass is 19.4. The number of carbonyl (C=O) groups excluding carboxylic acids is 1. The number of alkyl halides is 3. The fraction of sp³-hybridized carbons (Fsp3) is 0.357. The van der Waals surface area contributed by atoms with Crippen LogP contribution >= 0.6 is 0 Å². The number of nitrogens with zero attached hydrogens (tertiary/aromatic N) is 2. The van der Waals surface area contributed by atoms with E-state index in [4.69, 9.17) is 0 Å². The van der Waals surface area contributed by atoms with E-state index in [1.165, 1.54) is 12.1 Å². The highest BCUT2D eigenvalue weighted by molar-refractivity contribution is 5.96. The molecule has 0 amide bonds. The molecule has 0 N–H and O–H groups in total. The summed E-state index contributed by atoms with van der Waals surface area (Å²) in [6.07, 6.45) is -2.48. The van der Waals surface area contributed by atoms with Crippen molar-refractivity contribution < 1.29 is 22.5 Å². The molecular formula is C14H13F3N2O2. The van der Waals surface area contributed by atoms with Gasteiger partial charge in [-0.1, -0.05) is 42.8 Å². The number of halogens is 3. The molecular weight excluding hydrogens is 285 g/mol. The van der Waals surface area contributed by atoms with Crippen LogP contribution in [-0.2, 0) is 6.18 Å². The molecule has 0 saturated carbocycles. The third-order valence-corrected chi connectivity index (χ3v) is 2.89. The van der Waals surface area contributed by atoms with E-state index in [1.54, 1.807) is 12.1 Å². The van der Waals surface area contributed by atoms with Crippen molar-refractivity contribution in [2.24, 2.45) is 0 Å². The molecule has 4 nitrogen and oxygen atoms in total. The van der Waals surface area contributed by atoms with E-state index in [0.717, 1.165) is 12.8 Å². The Morgan fingerprint density at radius 3 is 2.43 bits per heavy atom. The highest BCUT2D eigenvalue weighted by Crippen LogP contribution is 2.29. The maximum absolute atomic E-state index is 12.4. The largest absolute Gasteiger partial charge is 0.471 e. The van der Waals surface area contributed by atoms with Gasteiger partial charge < -0.3 is 4.52 Å². The van der Waals surface area contributed by atoms with Gasteiger partial charge in [0.05, 0.1) is 0 Å². The molecule has 0 radical (unpaired) electrons. The zero-order valence-corrected chi connectivity index (χ0v) is 11.3. The highest BCUT2D eigenvalue weighted by Gasteiger charge is 2.38. The number of rotatable bonds is 5. The van der Waals surface area contributed by atoms with Gasteiger partial charge in [-0.3, -0.25) is 4.79 Å². The van der Waals surface area contributed by atoms with Crippen LogP contribution in [0.3, 0.4) is 0 Å². The second-order valence-corrected chi connectivity index (χ2v) is 4.52. The average molecular weight is 298 g/mol. The summed E-state index contributed by atoms with van der Waals surface area (Å²) in [5, 5.41) is 3.29. The molecule has 0 aliphatic heterocycles. The summed E-state index contributed by atoms with van der Waals surface area (Å²) in [7, 11) is 0. The fourth-order valence-electron chi connectivity index (χ4n) is 1.74. The minimum absolute atomic E-state index is 0.00694. The molecule has 1 heterocycles. The van der Waals surface area contributed by atoms with Crippen LogP contribution < -0.4 is 0 Å². The average Bonchev–Trinajstić information content (AvgIpc) is 2.95. The quantitative estimate of drug-likeness (QED) is 0.779. The lowest BCUT2D eigenvalue weighted by Gasteiger charge is -2.01. The van der Waals surface area contributed by atoms with Crippen LogP contribution in [0.5, 0.6) is 0 Å². The lowest BCUT2D eigenvalue weighted by molar-refractivity contribution is -0.159. The van der Waals surface area contributed by atoms with Gasteiger partial charge in [-0.2, -0.15) is 18.2 Å². The van der Waals surface area contributed by atoms with Crippen LogP contribution in [0.1, 0.15) is 42.4 Å². The van der Waals surface area contributed by atoms with Crippen LogP contribution in [0.4, 0.5) is 13.2 Å². The van der Waals surface area contributed by atoms with Crippen LogP contribution in [0.2, 0.25) is 0 Å². The normalized spacial score (nSPS) is 11.6. The summed E-state index contributed by atoms with van der Waals surface area (Å²) >= 11 is 0. The second-order valence-electron chi connectivity index (χ2n) is 4.52. The SMILES string of the molecule is CCCCC(=O)c1ccc(-c2noc(C(F)(F)F)n2)cc1. The number of carbonyl (C=O) groups is 1. The molecule has 1 aromatic heterocycles. The molecule has 2 rings (SSSR count). The van der Waals surface area contributed by atoms with Crippen LogP contribution in [0.15, 0.2) is 28.8 Å². The first-order chi connectivity index (χ1) is 9.91. The van der Waals surface area contributed by atoms with Crippen molar-refractivity contribution in [3.63, 3.8) is 0 Å². The van der Waals surface area contributed by atoms with Gasteiger partial charge in [0.2, 0.25) is 5.82 Å². The zero-order chi connectivity index (χ0) is 15.5. The number of aromatic nitrogens is 2. The Morgan fingerprint density at radius 1 is 1.24 bits per heavy atom. The molecule has 0 atom stereocenters. The number of Topliss-reactive ketones (excluding diaryl/α,β-unsaturated/α-hetero) is 1. The van der Waals surface area contributed by atoms with Gasteiger partial charge in [0.25, 0.3) is 0 Å². The Labute approximate surface area is 119 Å². The molecule has 0 spiro atoms. The minimum Gasteiger partial charge on any atom is -0.329 e. The van der Waals surface area contributed by atoms with E-state index in [-0.39, 0.29) is 11.6 Å². The topological polar surface area (TPSA) is 56.0 Å². The molecule has 0 aliphatic rings. The van der Waals surface area contributed by atoms with Crippen molar-refractivity contribution in [1.29, 1.82) is 0 Å². The summed E-state index contributed by atoms with van der Waals surface area (Å²) < 4.78 is 41.3. The summed E-state index contributed by atoms with van der Waals surface area (Å²) in [5.41, 5.74) is 0.882. The third kappa shape index (κ3) is 3.68. The number of ketones is 1. The molecule has 112 valence electrons. The predicted molar refractivity (Wildman–Crippen MR) is 68.6 cm³/mol. The van der Waals surface area contributed by atoms with Gasteiger partial charge in [0.1, 0.15) is 0 Å². The van der Waals surface area contributed by atoms with Crippen LogP contribution in [0.25, 0.3) is 11.4 Å². The number of unbranched alkanes of at least 4 members (excludes halogenated alkanes) is 1. The predicted octanol–water partition coefficient (Wildman–Crippen LogP) is 4.13. The molecule has 7 heteroatoms. The Bertz CT molecular complexity index is 618. The molecule has 1 aromatic carbocycles. The summed E-state index contributed by atoms with van der Waals surface area (Å²) in [5.74, 6) is -1.54. The maximum Gasteiger partial charge on any atom is 0.471 e. The van der Waals surface area contributed by atoms with E-state index >= 15 is 0 Å². The van der Waals surface area contributed by atoms with E-state index in [2.05, 4.69) is 14.7 Å². The molecule has 0 saturated heterocycles. The number of hydrogen-bond acceptors (Lipinski definition) is 4. The third-order valence-electron chi connectivity index (χ3n) is 2.89. The van der Waals surface area contributed by atoms with Gasteiger partial charge in [0, 0.05) is 17.5 Å². The van der Waals surface area contributed by atoms with E-state index < -0.39 is 12.1 Å². The molecule has 0 bridgehead atoms. The smallest absolute Gasteiger partial charge is 0.329 e. The van der Waals surface area contributed by atoms with Gasteiger partial charge in [-0.05, 0) is 6.42 Å². The summed E-state index contributed by atoms with van der Waals surface area (Å²) in [4.78, 5) is 15.1. The van der Waals surface area contributed by atoms with Gasteiger partial charge in [-0.25, -0.2) is 0 Å². The number of hydrogen-bond donors (Lipinski definition) is 0. The first-order valence-corrected chi connectivity index (χ1v) is 6.46. The van der Waals surface area contributed by atoms with Crippen molar-refractivity contribution in [2.75, 3.05) is 0 Å². The standard InChI is InChI=1S/C14H13F3N2O2/c1-2-3-4-11(20)9-5-7-10(8-6-9)12-18-13(21-19-12)14(15,16)17/h5-8H,2-4H2,1H3. The van der Waals surface area contributed by atoms with Crippen molar-refractivity contribution in [2.45, 2.75) is 32.4 Å². The van der Waals surface area contributed by atoms with Gasteiger partial charge in [-0.15, -0.1) is 0 Å². The first kappa shape index (κ1) is 15.2. The Hall–Kier alpha value is -2.18. The van der Waals surface area contributed by atoms with Crippen LogP contribution in [-0.4, -0.2) is 15.9 Å². The summed E-state index contributed by atoms with van der Waals surface area (Å²) in [6, 6.07) is 6.11. The van der Waals surface area contributed by atoms with Gasteiger partial charge >= 0.3 is 12.1 Å². The van der Waals surface area contributed by atoms with E-state index in [1.807, 2.05) is 6.92 Å². The first-order valence-electron chi connectivity index (χ1n) is 6.46.